The first-order valence-corrected chi connectivity index (χ1v) is 6.80. The Balaban J connectivity index is 1.83. The average Bonchev–Trinajstić information content (AvgIpc) is 2.43. The topological polar surface area (TPSA) is 87.9 Å². The van der Waals surface area contributed by atoms with Crippen molar-refractivity contribution in [1.29, 1.82) is 0 Å². The van der Waals surface area contributed by atoms with E-state index in [2.05, 4.69) is 15.0 Å². The van der Waals surface area contributed by atoms with Crippen LogP contribution in [-0.4, -0.2) is 26.4 Å². The van der Waals surface area contributed by atoms with Crippen molar-refractivity contribution in [3.8, 4) is 0 Å². The molecule has 3 N–H and O–H groups in total. The van der Waals surface area contributed by atoms with Crippen molar-refractivity contribution in [2.45, 2.75) is 19.5 Å². The van der Waals surface area contributed by atoms with E-state index < -0.39 is 5.95 Å². The van der Waals surface area contributed by atoms with E-state index >= 15 is 0 Å². The highest BCUT2D eigenvalue weighted by Crippen LogP contribution is 2.19. The summed E-state index contributed by atoms with van der Waals surface area (Å²) in [6.07, 6.45) is 1.86. The molecule has 0 saturated carbocycles. The van der Waals surface area contributed by atoms with Gasteiger partial charge in [-0.25, -0.2) is 9.97 Å². The molecule has 0 atom stereocenters. The highest BCUT2D eigenvalue weighted by atomic mass is 35.5. The Morgan fingerprint density at radius 2 is 2.33 bits per heavy atom. The summed E-state index contributed by atoms with van der Waals surface area (Å²) in [5, 5.41) is 0.385. The van der Waals surface area contributed by atoms with Crippen LogP contribution < -0.4 is 11.3 Å². The van der Waals surface area contributed by atoms with E-state index in [1.165, 1.54) is 6.20 Å². The number of aromatic nitrogens is 3. The monoisotopic (exact) mass is 309 g/mol. The zero-order valence-electron chi connectivity index (χ0n) is 11.1. The molecule has 0 bridgehead atoms. The Kier molecular flexibility index (Phi) is 3.60. The molecule has 6 nitrogen and oxygen atoms in total. The molecule has 0 unspecified atom stereocenters. The van der Waals surface area contributed by atoms with Gasteiger partial charge in [-0.2, -0.15) is 4.39 Å². The first kappa shape index (κ1) is 14.0. The third-order valence-electron chi connectivity index (χ3n) is 3.44. The summed E-state index contributed by atoms with van der Waals surface area (Å²) in [7, 11) is 0. The van der Waals surface area contributed by atoms with Gasteiger partial charge in [0.05, 0.1) is 16.3 Å². The second-order valence-corrected chi connectivity index (χ2v) is 5.38. The van der Waals surface area contributed by atoms with Crippen LogP contribution in [0, 0.1) is 5.95 Å². The number of rotatable bonds is 2. The molecule has 2 aromatic rings. The number of nitrogens with one attached hydrogen (secondary N) is 1. The van der Waals surface area contributed by atoms with Crippen LogP contribution in [0.4, 0.5) is 10.3 Å². The molecule has 0 radical (unpaired) electrons. The third-order valence-corrected chi connectivity index (χ3v) is 3.64. The summed E-state index contributed by atoms with van der Waals surface area (Å²) < 4.78 is 13.7. The molecule has 21 heavy (non-hydrogen) atoms. The lowest BCUT2D eigenvalue weighted by Crippen LogP contribution is -2.35. The van der Waals surface area contributed by atoms with E-state index in [0.717, 1.165) is 0 Å². The van der Waals surface area contributed by atoms with Crippen molar-refractivity contribution in [2.75, 3.05) is 12.3 Å². The third kappa shape index (κ3) is 2.88. The maximum absolute atomic E-state index is 13.7. The van der Waals surface area contributed by atoms with Gasteiger partial charge in [-0.3, -0.25) is 14.7 Å². The van der Waals surface area contributed by atoms with Crippen LogP contribution in [0.5, 0.6) is 0 Å². The summed E-state index contributed by atoms with van der Waals surface area (Å²) in [6, 6.07) is 1.55. The standard InChI is InChI=1S/C13H13ClFN5O/c14-8-3-7(11(15)17-4-8)5-20-2-1-10-9(6-20)12(21)19-13(16)18-10/h3-4H,1-2,5-6H2,(H3,16,18,19,21). The van der Waals surface area contributed by atoms with Gasteiger partial charge < -0.3 is 5.73 Å². The number of nitrogens with two attached hydrogens (primary N) is 1. The van der Waals surface area contributed by atoms with Crippen molar-refractivity contribution in [2.24, 2.45) is 0 Å². The van der Waals surface area contributed by atoms with Crippen LogP contribution in [0.15, 0.2) is 17.1 Å². The van der Waals surface area contributed by atoms with Crippen LogP contribution in [0.2, 0.25) is 5.02 Å². The number of nitrogens with zero attached hydrogens (tertiary/aromatic N) is 3. The van der Waals surface area contributed by atoms with Gasteiger partial charge in [-0.05, 0) is 6.07 Å². The van der Waals surface area contributed by atoms with Gasteiger partial charge in [0.15, 0.2) is 0 Å². The highest BCUT2D eigenvalue weighted by molar-refractivity contribution is 6.30. The normalized spacial score (nSPS) is 15.0. The van der Waals surface area contributed by atoms with Gasteiger partial charge in [0.2, 0.25) is 11.9 Å². The Morgan fingerprint density at radius 1 is 1.52 bits per heavy atom. The molecular weight excluding hydrogens is 297 g/mol. The lowest BCUT2D eigenvalue weighted by molar-refractivity contribution is 0.238. The van der Waals surface area contributed by atoms with Crippen molar-refractivity contribution in [1.82, 2.24) is 19.9 Å². The molecule has 8 heteroatoms. The van der Waals surface area contributed by atoms with Gasteiger partial charge in [0, 0.05) is 37.8 Å². The first-order chi connectivity index (χ1) is 10.0. The Hall–Kier alpha value is -1.99. The molecular formula is C13H13ClFN5O. The summed E-state index contributed by atoms with van der Waals surface area (Å²) in [6.45, 7) is 1.39. The molecule has 3 heterocycles. The van der Waals surface area contributed by atoms with Gasteiger partial charge in [0.1, 0.15) is 0 Å². The van der Waals surface area contributed by atoms with Crippen LogP contribution in [0.25, 0.3) is 0 Å². The fraction of sp³-hybridized carbons (Fsp3) is 0.308. The molecule has 0 aromatic carbocycles. The van der Waals surface area contributed by atoms with E-state index in [-0.39, 0.29) is 11.5 Å². The Morgan fingerprint density at radius 3 is 3.14 bits per heavy atom. The Labute approximate surface area is 124 Å². The van der Waals surface area contributed by atoms with Crippen molar-refractivity contribution in [3.63, 3.8) is 0 Å². The maximum Gasteiger partial charge on any atom is 0.257 e. The second kappa shape index (κ2) is 5.42. The van der Waals surface area contributed by atoms with Crippen molar-refractivity contribution >= 4 is 17.5 Å². The molecule has 0 spiro atoms. The number of nitrogen functional groups attached to an aromatic ring is 1. The van der Waals surface area contributed by atoms with E-state index in [9.17, 15) is 9.18 Å². The fourth-order valence-corrected chi connectivity index (χ4v) is 2.63. The smallest absolute Gasteiger partial charge is 0.257 e. The fourth-order valence-electron chi connectivity index (χ4n) is 2.45. The number of halogens is 2. The molecule has 0 saturated heterocycles. The Bertz CT molecular complexity index is 748. The summed E-state index contributed by atoms with van der Waals surface area (Å²) >= 11 is 5.83. The van der Waals surface area contributed by atoms with Crippen LogP contribution in [0.1, 0.15) is 16.8 Å². The number of hydrogen-bond donors (Lipinski definition) is 2. The molecule has 2 aromatic heterocycles. The predicted octanol–water partition coefficient (Wildman–Crippen LogP) is 1.10. The molecule has 1 aliphatic heterocycles. The van der Waals surface area contributed by atoms with Gasteiger partial charge >= 0.3 is 0 Å². The number of pyridine rings is 1. The lowest BCUT2D eigenvalue weighted by Gasteiger charge is -2.27. The molecule has 0 aliphatic carbocycles. The van der Waals surface area contributed by atoms with Crippen molar-refractivity contribution < 1.29 is 4.39 Å². The summed E-state index contributed by atoms with van der Waals surface area (Å²) in [5.41, 5.74) is 6.97. The quantitative estimate of drug-likeness (QED) is 0.811. The summed E-state index contributed by atoms with van der Waals surface area (Å²) in [4.78, 5) is 24.1. The minimum Gasteiger partial charge on any atom is -0.369 e. The minimum atomic E-state index is -0.547. The molecule has 1 aliphatic rings. The minimum absolute atomic E-state index is 0.122. The van der Waals surface area contributed by atoms with Crippen LogP contribution >= 0.6 is 11.6 Å². The zero-order valence-corrected chi connectivity index (χ0v) is 11.8. The second-order valence-electron chi connectivity index (χ2n) is 4.94. The van der Waals surface area contributed by atoms with E-state index in [1.54, 1.807) is 6.07 Å². The average molecular weight is 310 g/mol. The van der Waals surface area contributed by atoms with Crippen LogP contribution in [0.3, 0.4) is 0 Å². The van der Waals surface area contributed by atoms with E-state index in [1.807, 2.05) is 4.90 Å². The number of hydrogen-bond acceptors (Lipinski definition) is 5. The molecule has 0 fully saturated rings. The highest BCUT2D eigenvalue weighted by Gasteiger charge is 2.21. The zero-order chi connectivity index (χ0) is 15.0. The van der Waals surface area contributed by atoms with Crippen LogP contribution in [-0.2, 0) is 19.5 Å². The maximum atomic E-state index is 13.7. The van der Waals surface area contributed by atoms with Gasteiger partial charge in [-0.1, -0.05) is 11.6 Å². The lowest BCUT2D eigenvalue weighted by atomic mass is 10.1. The SMILES string of the molecule is Nc1nc2c(c(=O)[nH]1)CN(Cc1cc(Cl)cnc1F)CC2. The van der Waals surface area contributed by atoms with Gasteiger partial charge in [-0.15, -0.1) is 0 Å². The molecule has 3 rings (SSSR count). The van der Waals surface area contributed by atoms with E-state index in [4.69, 9.17) is 17.3 Å². The first-order valence-electron chi connectivity index (χ1n) is 6.43. The number of H-pyrrole nitrogens is 1. The largest absolute Gasteiger partial charge is 0.369 e. The summed E-state index contributed by atoms with van der Waals surface area (Å²) in [5.74, 6) is -0.424. The number of aromatic amines is 1. The number of anilines is 1. The van der Waals surface area contributed by atoms with Crippen molar-refractivity contribution in [3.05, 3.63) is 50.4 Å². The number of fused-ring (bicyclic) bond motifs is 1. The predicted molar refractivity (Wildman–Crippen MR) is 76.3 cm³/mol. The van der Waals surface area contributed by atoms with E-state index in [0.29, 0.717) is 47.9 Å². The molecule has 0 amide bonds. The molecule has 110 valence electrons. The van der Waals surface area contributed by atoms with Gasteiger partial charge in [0.25, 0.3) is 5.56 Å².